The number of aromatic nitrogens is 6. The van der Waals surface area contributed by atoms with Gasteiger partial charge in [-0.05, 0) is 98.0 Å². The molecular weight excluding hydrogens is 648 g/mol. The Labute approximate surface area is 293 Å². The molecule has 49 heavy (non-hydrogen) atoms. The molecular formula is C34H51ClN10O4. The van der Waals surface area contributed by atoms with Crippen molar-refractivity contribution < 1.29 is 19.1 Å². The second kappa shape index (κ2) is 16.5. The number of piperidine rings is 2. The summed E-state index contributed by atoms with van der Waals surface area (Å²) < 4.78 is 10.8. The number of carbonyl (C=O) groups excluding carboxylic acids is 2. The predicted molar refractivity (Wildman–Crippen MR) is 192 cm³/mol. The zero-order chi connectivity index (χ0) is 35.8. The van der Waals surface area contributed by atoms with Gasteiger partial charge in [0.2, 0.25) is 11.2 Å². The standard InChI is InChI=1S/C17H25N5O2.C11H22N2O2.C6H4ClN3/c1-17(2,3)24-16(23)22-9-6-12(7-10-22)21(4)15-19-11-14-13(20-15)5-8-18-14;1-11(2,3)15-10(14)13-7-5-9(12-4)6-8-13;7-6-9-3-5-4(10-6)1-2-8-5/h5,8,11-12,18H,6-7,9-10H2,1-4H3;9,12H,5-8H2,1-4H3;1-3,8H. The number of hydrogen-bond donors (Lipinski definition) is 3. The van der Waals surface area contributed by atoms with Crippen molar-refractivity contribution in [2.24, 2.45) is 0 Å². The molecule has 6 heterocycles. The van der Waals surface area contributed by atoms with E-state index in [1.165, 1.54) is 0 Å². The summed E-state index contributed by atoms with van der Waals surface area (Å²) >= 11 is 5.54. The molecule has 4 aromatic heterocycles. The number of nitrogens with one attached hydrogen (secondary N) is 3. The van der Waals surface area contributed by atoms with Crippen LogP contribution in [-0.4, -0.2) is 115 Å². The minimum Gasteiger partial charge on any atom is -0.444 e. The van der Waals surface area contributed by atoms with Crippen molar-refractivity contribution >= 4 is 51.8 Å². The zero-order valence-corrected chi connectivity index (χ0v) is 30.7. The van der Waals surface area contributed by atoms with Gasteiger partial charge < -0.3 is 39.5 Å². The van der Waals surface area contributed by atoms with Crippen LogP contribution in [0.3, 0.4) is 0 Å². The summed E-state index contributed by atoms with van der Waals surface area (Å²) in [4.78, 5) is 52.4. The van der Waals surface area contributed by atoms with Gasteiger partial charge in [0, 0.05) is 57.7 Å². The van der Waals surface area contributed by atoms with Crippen LogP contribution in [0.15, 0.2) is 36.9 Å². The fraction of sp³-hybridized carbons (Fsp3) is 0.588. The van der Waals surface area contributed by atoms with Gasteiger partial charge in [0.25, 0.3) is 0 Å². The van der Waals surface area contributed by atoms with Crippen LogP contribution in [0.2, 0.25) is 5.28 Å². The van der Waals surface area contributed by atoms with Gasteiger partial charge in [-0.2, -0.15) is 0 Å². The largest absolute Gasteiger partial charge is 0.444 e. The highest BCUT2D eigenvalue weighted by molar-refractivity contribution is 6.28. The van der Waals surface area contributed by atoms with Crippen molar-refractivity contribution in [3.63, 3.8) is 0 Å². The maximum atomic E-state index is 12.1. The Morgan fingerprint density at radius 2 is 1.29 bits per heavy atom. The maximum absolute atomic E-state index is 12.1. The fourth-order valence-corrected chi connectivity index (χ4v) is 5.57. The Bertz CT molecular complexity index is 1650. The summed E-state index contributed by atoms with van der Waals surface area (Å²) in [5.41, 5.74) is 2.76. The van der Waals surface area contributed by atoms with Gasteiger partial charge in [-0.15, -0.1) is 0 Å². The SMILES string of the molecule is CN(c1ncc2[nH]ccc2n1)C1CCN(C(=O)OC(C)(C)C)CC1.CNC1CCN(C(=O)OC(C)(C)C)CC1.Clc1ncc2[nH]ccc2n1. The first-order valence-electron chi connectivity index (χ1n) is 16.7. The summed E-state index contributed by atoms with van der Waals surface area (Å²) in [6, 6.07) is 4.66. The Balaban J connectivity index is 0.000000183. The van der Waals surface area contributed by atoms with E-state index < -0.39 is 11.2 Å². The fourth-order valence-electron chi connectivity index (χ4n) is 5.43. The van der Waals surface area contributed by atoms with Gasteiger partial charge in [-0.1, -0.05) is 0 Å². The Hall–Kier alpha value is -4.17. The third-order valence-corrected chi connectivity index (χ3v) is 8.27. The molecule has 2 saturated heterocycles. The van der Waals surface area contributed by atoms with Crippen molar-refractivity contribution in [3.05, 3.63) is 42.2 Å². The number of H-pyrrole nitrogens is 2. The van der Waals surface area contributed by atoms with E-state index >= 15 is 0 Å². The van der Waals surface area contributed by atoms with Crippen LogP contribution in [-0.2, 0) is 9.47 Å². The van der Waals surface area contributed by atoms with Crippen LogP contribution in [0.5, 0.6) is 0 Å². The number of aromatic amines is 2. The summed E-state index contributed by atoms with van der Waals surface area (Å²) in [6.45, 7) is 14.3. The average Bonchev–Trinajstić information content (AvgIpc) is 3.72. The van der Waals surface area contributed by atoms with E-state index in [1.54, 1.807) is 22.2 Å². The van der Waals surface area contributed by atoms with Crippen molar-refractivity contribution in [2.45, 2.75) is 90.5 Å². The lowest BCUT2D eigenvalue weighted by atomic mass is 10.0. The first-order valence-corrected chi connectivity index (χ1v) is 17.1. The van der Waals surface area contributed by atoms with Gasteiger partial charge in [0.05, 0.1) is 34.5 Å². The van der Waals surface area contributed by atoms with Crippen molar-refractivity contribution in [1.82, 2.24) is 45.0 Å². The van der Waals surface area contributed by atoms with E-state index in [-0.39, 0.29) is 17.5 Å². The molecule has 3 N–H and O–H groups in total. The molecule has 268 valence electrons. The third-order valence-electron chi connectivity index (χ3n) is 8.09. The highest BCUT2D eigenvalue weighted by Crippen LogP contribution is 2.22. The van der Waals surface area contributed by atoms with Crippen LogP contribution in [0.1, 0.15) is 67.2 Å². The van der Waals surface area contributed by atoms with Crippen LogP contribution < -0.4 is 10.2 Å². The van der Waals surface area contributed by atoms with Gasteiger partial charge >= 0.3 is 12.2 Å². The van der Waals surface area contributed by atoms with E-state index in [0.29, 0.717) is 25.2 Å². The molecule has 0 radical (unpaired) electrons. The normalized spacial score (nSPS) is 16.0. The van der Waals surface area contributed by atoms with Gasteiger partial charge in [-0.25, -0.2) is 29.5 Å². The number of ether oxygens (including phenoxy) is 2. The maximum Gasteiger partial charge on any atom is 0.410 e. The lowest BCUT2D eigenvalue weighted by Gasteiger charge is -2.37. The number of carbonyl (C=O) groups is 2. The van der Waals surface area contributed by atoms with Crippen LogP contribution in [0.25, 0.3) is 22.1 Å². The summed E-state index contributed by atoms with van der Waals surface area (Å²) in [5.74, 6) is 0.720. The molecule has 2 aliphatic heterocycles. The Morgan fingerprint density at radius 1 is 0.816 bits per heavy atom. The molecule has 0 aromatic carbocycles. The number of rotatable bonds is 3. The molecule has 2 fully saturated rings. The molecule has 2 amide bonds. The third kappa shape index (κ3) is 11.5. The van der Waals surface area contributed by atoms with Gasteiger partial charge in [0.15, 0.2) is 0 Å². The van der Waals surface area contributed by atoms with Crippen molar-refractivity contribution in [3.8, 4) is 0 Å². The number of anilines is 1. The summed E-state index contributed by atoms with van der Waals surface area (Å²) in [6.07, 6.45) is 10.5. The number of amides is 2. The molecule has 0 spiro atoms. The molecule has 0 atom stereocenters. The molecule has 4 aromatic rings. The molecule has 0 unspecified atom stereocenters. The van der Waals surface area contributed by atoms with Gasteiger partial charge in [0.1, 0.15) is 11.2 Å². The highest BCUT2D eigenvalue weighted by atomic mass is 35.5. The molecule has 15 heteroatoms. The minimum absolute atomic E-state index is 0.183. The minimum atomic E-state index is -0.454. The van der Waals surface area contributed by atoms with E-state index in [4.69, 9.17) is 21.1 Å². The number of fused-ring (bicyclic) bond motifs is 2. The lowest BCUT2D eigenvalue weighted by molar-refractivity contribution is 0.0192. The Kier molecular flexibility index (Phi) is 12.7. The number of nitrogens with zero attached hydrogens (tertiary/aromatic N) is 7. The molecule has 0 aliphatic carbocycles. The molecule has 6 rings (SSSR count). The second-order valence-electron chi connectivity index (χ2n) is 14.2. The molecule has 14 nitrogen and oxygen atoms in total. The van der Waals surface area contributed by atoms with Crippen molar-refractivity contribution in [2.75, 3.05) is 45.2 Å². The Morgan fingerprint density at radius 3 is 1.78 bits per heavy atom. The van der Waals surface area contributed by atoms with E-state index in [9.17, 15) is 9.59 Å². The number of hydrogen-bond acceptors (Lipinski definition) is 10. The van der Waals surface area contributed by atoms with E-state index in [1.807, 2.05) is 80.2 Å². The first-order chi connectivity index (χ1) is 23.1. The molecule has 0 saturated carbocycles. The molecule has 0 bridgehead atoms. The second-order valence-corrected chi connectivity index (χ2v) is 14.5. The number of likely N-dealkylation sites (tertiary alicyclic amines) is 2. The number of halogens is 1. The lowest BCUT2D eigenvalue weighted by Crippen LogP contribution is -2.47. The van der Waals surface area contributed by atoms with Gasteiger partial charge in [-0.3, -0.25) is 0 Å². The summed E-state index contributed by atoms with van der Waals surface area (Å²) in [7, 11) is 3.98. The average molecular weight is 699 g/mol. The smallest absolute Gasteiger partial charge is 0.410 e. The van der Waals surface area contributed by atoms with Crippen LogP contribution >= 0.6 is 11.6 Å². The highest BCUT2D eigenvalue weighted by Gasteiger charge is 2.29. The van der Waals surface area contributed by atoms with E-state index in [2.05, 4.69) is 40.1 Å². The molecule has 2 aliphatic rings. The first kappa shape index (κ1) is 37.6. The van der Waals surface area contributed by atoms with Crippen LogP contribution in [0, 0.1) is 0 Å². The predicted octanol–water partition coefficient (Wildman–Crippen LogP) is 6.01. The quantitative estimate of drug-likeness (QED) is 0.217. The summed E-state index contributed by atoms with van der Waals surface area (Å²) in [5, 5.41) is 3.52. The van der Waals surface area contributed by atoms with Crippen molar-refractivity contribution in [1.29, 1.82) is 0 Å². The van der Waals surface area contributed by atoms with E-state index in [0.717, 1.165) is 66.8 Å². The monoisotopic (exact) mass is 698 g/mol. The topological polar surface area (TPSA) is 157 Å². The van der Waals surface area contributed by atoms with Crippen LogP contribution in [0.4, 0.5) is 15.5 Å². The zero-order valence-electron chi connectivity index (χ0n) is 29.9.